The van der Waals surface area contributed by atoms with E-state index in [9.17, 15) is 9.50 Å². The molecule has 0 aliphatic carbocycles. The fourth-order valence-electron chi connectivity index (χ4n) is 2.40. The van der Waals surface area contributed by atoms with E-state index in [1.807, 2.05) is 17.8 Å². The van der Waals surface area contributed by atoms with Crippen molar-refractivity contribution in [2.45, 2.75) is 6.92 Å². The molecule has 1 aromatic heterocycles. The van der Waals surface area contributed by atoms with E-state index in [4.69, 9.17) is 0 Å². The maximum absolute atomic E-state index is 13.6. The average molecular weight is 343 g/mol. The first-order chi connectivity index (χ1) is 11.7. The fourth-order valence-corrected chi connectivity index (χ4v) is 2.94. The van der Waals surface area contributed by atoms with Crippen molar-refractivity contribution >= 4 is 28.5 Å². The summed E-state index contributed by atoms with van der Waals surface area (Å²) in [5.74, 6) is 2.76. The van der Waals surface area contributed by atoms with E-state index in [-0.39, 0.29) is 11.6 Å². The van der Waals surface area contributed by atoms with Crippen molar-refractivity contribution in [3.8, 4) is 17.1 Å². The number of phenols is 1. The Morgan fingerprint density at radius 3 is 2.79 bits per heavy atom. The van der Waals surface area contributed by atoms with Crippen LogP contribution in [0, 0.1) is 5.82 Å². The number of anilines is 1. The molecule has 0 unspecified atom stereocenters. The van der Waals surface area contributed by atoms with Gasteiger partial charge in [-0.25, -0.2) is 14.4 Å². The van der Waals surface area contributed by atoms with E-state index >= 15 is 0 Å². The van der Waals surface area contributed by atoms with Crippen LogP contribution < -0.4 is 5.32 Å². The van der Waals surface area contributed by atoms with Crippen LogP contribution >= 0.6 is 11.8 Å². The predicted octanol–water partition coefficient (Wildman–Crippen LogP) is 4.31. The van der Waals surface area contributed by atoms with E-state index in [0.717, 1.165) is 18.1 Å². The predicted molar refractivity (Wildman–Crippen MR) is 98.1 cm³/mol. The highest BCUT2D eigenvalue weighted by atomic mass is 32.2. The molecule has 0 saturated heterocycles. The van der Waals surface area contributed by atoms with E-state index in [0.29, 0.717) is 28.1 Å². The van der Waals surface area contributed by atoms with Crippen LogP contribution in [0.15, 0.2) is 42.5 Å². The number of thioether (sulfide) groups is 1. The second kappa shape index (κ2) is 7.49. The molecule has 0 radical (unpaired) electrons. The van der Waals surface area contributed by atoms with Gasteiger partial charge in [-0.3, -0.25) is 0 Å². The molecule has 6 heteroatoms. The molecule has 0 aliphatic heterocycles. The zero-order valence-electron chi connectivity index (χ0n) is 13.3. The molecule has 0 amide bonds. The first kappa shape index (κ1) is 16.5. The molecular formula is C18H18FN3OS. The summed E-state index contributed by atoms with van der Waals surface area (Å²) >= 11 is 1.82. The minimum absolute atomic E-state index is 0.117. The van der Waals surface area contributed by atoms with E-state index in [1.54, 1.807) is 24.3 Å². The van der Waals surface area contributed by atoms with Gasteiger partial charge in [-0.2, -0.15) is 11.8 Å². The average Bonchev–Trinajstić information content (AvgIpc) is 2.59. The van der Waals surface area contributed by atoms with Crippen LogP contribution in [0.25, 0.3) is 22.3 Å². The summed E-state index contributed by atoms with van der Waals surface area (Å²) in [6, 6.07) is 11.4. The number of nitrogens with one attached hydrogen (secondary N) is 1. The van der Waals surface area contributed by atoms with Crippen LogP contribution in [-0.2, 0) is 0 Å². The van der Waals surface area contributed by atoms with Crippen LogP contribution in [0.5, 0.6) is 5.75 Å². The number of benzene rings is 2. The van der Waals surface area contributed by atoms with Gasteiger partial charge in [0.25, 0.3) is 0 Å². The first-order valence-electron chi connectivity index (χ1n) is 7.76. The monoisotopic (exact) mass is 343 g/mol. The smallest absolute Gasteiger partial charge is 0.165 e. The van der Waals surface area contributed by atoms with Crippen molar-refractivity contribution in [1.82, 2.24) is 9.97 Å². The first-order valence-corrected chi connectivity index (χ1v) is 8.92. The normalized spacial score (nSPS) is 10.9. The number of aromatic nitrogens is 2. The molecule has 2 aromatic carbocycles. The van der Waals surface area contributed by atoms with Crippen LogP contribution in [0.3, 0.4) is 0 Å². The van der Waals surface area contributed by atoms with Crippen molar-refractivity contribution in [3.05, 3.63) is 48.3 Å². The van der Waals surface area contributed by atoms with Crippen molar-refractivity contribution in [2.75, 3.05) is 23.4 Å². The van der Waals surface area contributed by atoms with Crippen LogP contribution in [0.4, 0.5) is 10.2 Å². The lowest BCUT2D eigenvalue weighted by molar-refractivity contribution is 0.477. The molecule has 0 saturated carbocycles. The molecule has 3 rings (SSSR count). The maximum Gasteiger partial charge on any atom is 0.165 e. The van der Waals surface area contributed by atoms with Gasteiger partial charge in [0.2, 0.25) is 0 Å². The Morgan fingerprint density at radius 2 is 2.00 bits per heavy atom. The Morgan fingerprint density at radius 1 is 1.17 bits per heavy atom. The topological polar surface area (TPSA) is 58.0 Å². The summed E-state index contributed by atoms with van der Waals surface area (Å²) in [6.07, 6.45) is 0. The number of rotatable bonds is 6. The Bertz CT molecular complexity index is 857. The van der Waals surface area contributed by atoms with Crippen molar-refractivity contribution in [2.24, 2.45) is 0 Å². The SMILES string of the molecule is CCSCCNc1nc(-c2ccccc2O)nc2ccc(F)cc12. The quantitative estimate of drug-likeness (QED) is 0.653. The summed E-state index contributed by atoms with van der Waals surface area (Å²) in [7, 11) is 0. The fraction of sp³-hybridized carbons (Fsp3) is 0.222. The molecule has 4 nitrogen and oxygen atoms in total. The number of fused-ring (bicyclic) bond motifs is 1. The van der Waals surface area contributed by atoms with E-state index in [2.05, 4.69) is 22.2 Å². The van der Waals surface area contributed by atoms with Gasteiger partial charge in [0.1, 0.15) is 17.4 Å². The largest absolute Gasteiger partial charge is 0.507 e. The molecular weight excluding hydrogens is 325 g/mol. The van der Waals surface area contributed by atoms with Crippen molar-refractivity contribution in [1.29, 1.82) is 0 Å². The highest BCUT2D eigenvalue weighted by Crippen LogP contribution is 2.30. The van der Waals surface area contributed by atoms with Gasteiger partial charge in [0.05, 0.1) is 11.1 Å². The third kappa shape index (κ3) is 3.59. The van der Waals surface area contributed by atoms with Crippen molar-refractivity contribution < 1.29 is 9.50 Å². The Hall–Kier alpha value is -2.34. The number of nitrogens with zero attached hydrogens (tertiary/aromatic N) is 2. The number of halogens is 1. The van der Waals surface area contributed by atoms with Gasteiger partial charge in [0.15, 0.2) is 5.82 Å². The standard InChI is InChI=1S/C18H18FN3OS/c1-2-24-10-9-20-17-14-11-12(19)7-8-15(14)21-18(22-17)13-5-3-4-6-16(13)23/h3-8,11,23H,2,9-10H2,1H3,(H,20,21,22). The molecule has 1 heterocycles. The van der Waals surface area contributed by atoms with Gasteiger partial charge in [-0.1, -0.05) is 19.1 Å². The van der Waals surface area contributed by atoms with Gasteiger partial charge >= 0.3 is 0 Å². The summed E-state index contributed by atoms with van der Waals surface area (Å²) in [5, 5.41) is 13.9. The minimum Gasteiger partial charge on any atom is -0.507 e. The lowest BCUT2D eigenvalue weighted by Crippen LogP contribution is -2.08. The zero-order chi connectivity index (χ0) is 16.9. The zero-order valence-corrected chi connectivity index (χ0v) is 14.1. The lowest BCUT2D eigenvalue weighted by Gasteiger charge is -2.11. The minimum atomic E-state index is -0.326. The molecule has 0 fully saturated rings. The summed E-state index contributed by atoms with van der Waals surface area (Å²) in [4.78, 5) is 8.98. The summed E-state index contributed by atoms with van der Waals surface area (Å²) < 4.78 is 13.6. The number of aromatic hydroxyl groups is 1. The molecule has 0 aliphatic rings. The van der Waals surface area contributed by atoms with Crippen LogP contribution in [0.1, 0.15) is 6.92 Å². The summed E-state index contributed by atoms with van der Waals surface area (Å²) in [6.45, 7) is 2.83. The number of hydrogen-bond acceptors (Lipinski definition) is 5. The molecule has 2 N–H and O–H groups in total. The van der Waals surface area contributed by atoms with Crippen LogP contribution in [0.2, 0.25) is 0 Å². The summed E-state index contributed by atoms with van der Waals surface area (Å²) in [5.41, 5.74) is 1.19. The van der Waals surface area contributed by atoms with Gasteiger partial charge in [0, 0.05) is 17.7 Å². The Balaban J connectivity index is 2.05. The molecule has 0 atom stereocenters. The molecule has 3 aromatic rings. The van der Waals surface area contributed by atoms with Crippen molar-refractivity contribution in [3.63, 3.8) is 0 Å². The number of hydrogen-bond donors (Lipinski definition) is 2. The third-order valence-electron chi connectivity index (χ3n) is 3.55. The van der Waals surface area contributed by atoms with Gasteiger partial charge in [-0.15, -0.1) is 0 Å². The molecule has 24 heavy (non-hydrogen) atoms. The molecule has 124 valence electrons. The third-order valence-corrected chi connectivity index (χ3v) is 4.45. The van der Waals surface area contributed by atoms with Crippen LogP contribution in [-0.4, -0.2) is 33.1 Å². The highest BCUT2D eigenvalue weighted by molar-refractivity contribution is 7.99. The molecule has 0 spiro atoms. The Kier molecular flexibility index (Phi) is 5.15. The Labute approximate surface area is 144 Å². The van der Waals surface area contributed by atoms with Gasteiger partial charge < -0.3 is 10.4 Å². The number of phenolic OH excluding ortho intramolecular Hbond substituents is 1. The number of para-hydroxylation sites is 1. The van der Waals surface area contributed by atoms with E-state index in [1.165, 1.54) is 12.1 Å². The lowest BCUT2D eigenvalue weighted by atomic mass is 10.1. The maximum atomic E-state index is 13.6. The van der Waals surface area contributed by atoms with E-state index < -0.39 is 0 Å². The van der Waals surface area contributed by atoms with Gasteiger partial charge in [-0.05, 0) is 36.1 Å². The second-order valence-electron chi connectivity index (χ2n) is 5.20. The highest BCUT2D eigenvalue weighted by Gasteiger charge is 2.12. The molecule has 0 bridgehead atoms. The second-order valence-corrected chi connectivity index (χ2v) is 6.59.